The Balaban J connectivity index is 2.63. The lowest BCUT2D eigenvalue weighted by molar-refractivity contribution is 0.405. The van der Waals surface area contributed by atoms with Crippen LogP contribution in [-0.4, -0.2) is 21.7 Å². The molecule has 1 unspecified atom stereocenters. The molecule has 0 spiro atoms. The van der Waals surface area contributed by atoms with Crippen molar-refractivity contribution >= 4 is 15.9 Å². The van der Waals surface area contributed by atoms with Crippen molar-refractivity contribution in [1.29, 1.82) is 0 Å². The van der Waals surface area contributed by atoms with Gasteiger partial charge in [0.05, 0.1) is 19.0 Å². The number of aryl methyl sites for hydroxylation is 1. The molecule has 1 atom stereocenters. The highest BCUT2D eigenvalue weighted by atomic mass is 79.9. The fourth-order valence-electron chi connectivity index (χ4n) is 1.97. The zero-order valence-corrected chi connectivity index (χ0v) is 12.7. The van der Waals surface area contributed by atoms with E-state index in [-0.39, 0.29) is 0 Å². The first kappa shape index (κ1) is 14.6. The molecule has 0 aromatic carbocycles. The van der Waals surface area contributed by atoms with Crippen LogP contribution in [0.15, 0.2) is 6.20 Å². The maximum absolute atomic E-state index is 5.37. The van der Waals surface area contributed by atoms with Gasteiger partial charge < -0.3 is 4.74 Å². The summed E-state index contributed by atoms with van der Waals surface area (Å²) in [5, 5.41) is 4.38. The maximum Gasteiger partial charge on any atom is 0.159 e. The number of aromatic nitrogens is 2. The van der Waals surface area contributed by atoms with Crippen LogP contribution in [0.5, 0.6) is 5.75 Å². The second kappa shape index (κ2) is 7.75. The number of hydrogen-bond acceptors (Lipinski definition) is 2. The van der Waals surface area contributed by atoms with Crippen LogP contribution in [0.25, 0.3) is 0 Å². The minimum Gasteiger partial charge on any atom is -0.493 e. The minimum absolute atomic E-state index is 0.599. The molecule has 17 heavy (non-hydrogen) atoms. The zero-order valence-electron chi connectivity index (χ0n) is 11.1. The van der Waals surface area contributed by atoms with Gasteiger partial charge in [-0.3, -0.25) is 4.68 Å². The van der Waals surface area contributed by atoms with Gasteiger partial charge in [0, 0.05) is 11.4 Å². The van der Waals surface area contributed by atoms with Gasteiger partial charge in [0.25, 0.3) is 0 Å². The monoisotopic (exact) mass is 302 g/mol. The number of alkyl halides is 1. The summed E-state index contributed by atoms with van der Waals surface area (Å²) in [5.74, 6) is 0.926. The molecule has 0 amide bonds. The van der Waals surface area contributed by atoms with E-state index in [1.54, 1.807) is 7.11 Å². The molecule has 1 aromatic heterocycles. The third-order valence-electron chi connectivity index (χ3n) is 2.86. The Kier molecular flexibility index (Phi) is 6.63. The number of rotatable bonds is 8. The van der Waals surface area contributed by atoms with Crippen LogP contribution in [0.3, 0.4) is 0 Å². The normalized spacial score (nSPS) is 12.7. The largest absolute Gasteiger partial charge is 0.493 e. The summed E-state index contributed by atoms with van der Waals surface area (Å²) in [7, 11) is 1.72. The van der Waals surface area contributed by atoms with Gasteiger partial charge in [-0.05, 0) is 25.7 Å². The van der Waals surface area contributed by atoms with E-state index < -0.39 is 0 Å². The SMILES string of the molecule is CCCC(Br)CCc1c(OC)cnn1CCC. The Hall–Kier alpha value is -0.510. The number of hydrogen-bond donors (Lipinski definition) is 0. The zero-order chi connectivity index (χ0) is 12.7. The molecular formula is C13H23BrN2O. The van der Waals surface area contributed by atoms with Gasteiger partial charge >= 0.3 is 0 Å². The third kappa shape index (κ3) is 4.34. The van der Waals surface area contributed by atoms with Gasteiger partial charge in [0.1, 0.15) is 0 Å². The summed E-state index contributed by atoms with van der Waals surface area (Å²) < 4.78 is 7.44. The Morgan fingerprint density at radius 1 is 1.35 bits per heavy atom. The Labute approximate surface area is 113 Å². The maximum atomic E-state index is 5.37. The fourth-order valence-corrected chi connectivity index (χ4v) is 2.66. The van der Waals surface area contributed by atoms with Crippen LogP contribution in [0.2, 0.25) is 0 Å². The van der Waals surface area contributed by atoms with E-state index in [2.05, 4.69) is 39.6 Å². The topological polar surface area (TPSA) is 27.1 Å². The van der Waals surface area contributed by atoms with E-state index in [9.17, 15) is 0 Å². The van der Waals surface area contributed by atoms with Crippen LogP contribution in [0.1, 0.15) is 45.2 Å². The standard InChI is InChI=1S/C13H23BrN2O/c1-4-6-11(14)7-8-12-13(17-3)10-15-16(12)9-5-2/h10-11H,4-9H2,1-3H3. The summed E-state index contributed by atoms with van der Waals surface area (Å²) in [6.07, 6.45) is 7.54. The lowest BCUT2D eigenvalue weighted by Crippen LogP contribution is -2.08. The van der Waals surface area contributed by atoms with Crippen molar-refractivity contribution in [2.45, 2.75) is 57.3 Å². The first-order chi connectivity index (χ1) is 8.22. The molecule has 0 aliphatic rings. The Morgan fingerprint density at radius 2 is 2.12 bits per heavy atom. The van der Waals surface area contributed by atoms with Gasteiger partial charge in [-0.25, -0.2) is 0 Å². The van der Waals surface area contributed by atoms with Gasteiger partial charge in [0.2, 0.25) is 0 Å². The van der Waals surface area contributed by atoms with Gasteiger partial charge in [-0.15, -0.1) is 0 Å². The van der Waals surface area contributed by atoms with Crippen molar-refractivity contribution in [3.63, 3.8) is 0 Å². The summed E-state index contributed by atoms with van der Waals surface area (Å²) in [4.78, 5) is 0.599. The van der Waals surface area contributed by atoms with E-state index in [1.807, 2.05) is 6.20 Å². The Morgan fingerprint density at radius 3 is 2.71 bits per heavy atom. The quantitative estimate of drug-likeness (QED) is 0.683. The first-order valence-electron chi connectivity index (χ1n) is 6.45. The minimum atomic E-state index is 0.599. The third-order valence-corrected chi connectivity index (χ3v) is 3.78. The molecule has 4 heteroatoms. The van der Waals surface area contributed by atoms with Crippen LogP contribution in [0, 0.1) is 0 Å². The molecule has 0 saturated heterocycles. The highest BCUT2D eigenvalue weighted by Gasteiger charge is 2.12. The van der Waals surface area contributed by atoms with E-state index in [4.69, 9.17) is 4.74 Å². The Bertz CT molecular complexity index is 325. The second-order valence-corrected chi connectivity index (χ2v) is 5.60. The first-order valence-corrected chi connectivity index (χ1v) is 7.37. The van der Waals surface area contributed by atoms with Crippen molar-refractivity contribution in [2.24, 2.45) is 0 Å². The van der Waals surface area contributed by atoms with E-state index >= 15 is 0 Å². The number of nitrogens with zero attached hydrogens (tertiary/aromatic N) is 2. The lowest BCUT2D eigenvalue weighted by atomic mass is 10.1. The molecule has 0 aliphatic heterocycles. The fraction of sp³-hybridized carbons (Fsp3) is 0.769. The van der Waals surface area contributed by atoms with Crippen molar-refractivity contribution in [3.8, 4) is 5.75 Å². The van der Waals surface area contributed by atoms with Crippen LogP contribution < -0.4 is 4.74 Å². The molecular weight excluding hydrogens is 280 g/mol. The van der Waals surface area contributed by atoms with Crippen molar-refractivity contribution in [1.82, 2.24) is 9.78 Å². The van der Waals surface area contributed by atoms with Gasteiger partial charge in [-0.1, -0.05) is 36.2 Å². The predicted octanol–water partition coefficient (Wildman–Crippen LogP) is 3.80. The molecule has 0 fully saturated rings. The van der Waals surface area contributed by atoms with Crippen molar-refractivity contribution in [3.05, 3.63) is 11.9 Å². The molecule has 3 nitrogen and oxygen atoms in total. The molecule has 0 saturated carbocycles. The van der Waals surface area contributed by atoms with Gasteiger partial charge in [-0.2, -0.15) is 5.10 Å². The second-order valence-electron chi connectivity index (χ2n) is 4.31. The summed E-state index contributed by atoms with van der Waals surface area (Å²) >= 11 is 3.72. The van der Waals surface area contributed by atoms with Crippen LogP contribution >= 0.6 is 15.9 Å². The van der Waals surface area contributed by atoms with E-state index in [0.29, 0.717) is 4.83 Å². The van der Waals surface area contributed by atoms with Crippen molar-refractivity contribution < 1.29 is 4.74 Å². The van der Waals surface area contributed by atoms with Gasteiger partial charge in [0.15, 0.2) is 5.75 Å². The average Bonchev–Trinajstić information content (AvgIpc) is 2.70. The van der Waals surface area contributed by atoms with Crippen LogP contribution in [0.4, 0.5) is 0 Å². The molecule has 0 N–H and O–H groups in total. The van der Waals surface area contributed by atoms with Crippen molar-refractivity contribution in [2.75, 3.05) is 7.11 Å². The average molecular weight is 303 g/mol. The predicted molar refractivity (Wildman–Crippen MR) is 75.0 cm³/mol. The summed E-state index contributed by atoms with van der Waals surface area (Å²) in [5.41, 5.74) is 1.23. The molecule has 0 bridgehead atoms. The molecule has 0 radical (unpaired) electrons. The summed E-state index contributed by atoms with van der Waals surface area (Å²) in [6, 6.07) is 0. The molecule has 1 aromatic rings. The molecule has 98 valence electrons. The van der Waals surface area contributed by atoms with E-state index in [1.165, 1.54) is 18.5 Å². The highest BCUT2D eigenvalue weighted by Crippen LogP contribution is 2.22. The summed E-state index contributed by atoms with van der Waals surface area (Å²) in [6.45, 7) is 5.36. The number of ether oxygens (including phenoxy) is 1. The number of halogens is 1. The molecule has 1 rings (SSSR count). The molecule has 1 heterocycles. The smallest absolute Gasteiger partial charge is 0.159 e. The van der Waals surface area contributed by atoms with E-state index in [0.717, 1.165) is 31.6 Å². The molecule has 0 aliphatic carbocycles. The number of methoxy groups -OCH3 is 1. The highest BCUT2D eigenvalue weighted by molar-refractivity contribution is 9.09. The lowest BCUT2D eigenvalue weighted by Gasteiger charge is -2.11. The van der Waals surface area contributed by atoms with Crippen LogP contribution in [-0.2, 0) is 13.0 Å².